The minimum absolute atomic E-state index is 0.591. The van der Waals surface area contributed by atoms with Crippen molar-refractivity contribution in [3.8, 4) is 6.07 Å². The van der Waals surface area contributed by atoms with Crippen LogP contribution >= 0.6 is 0 Å². The van der Waals surface area contributed by atoms with E-state index in [9.17, 15) is 5.26 Å². The van der Waals surface area contributed by atoms with Gasteiger partial charge in [-0.3, -0.25) is 9.97 Å². The third kappa shape index (κ3) is 3.37. The quantitative estimate of drug-likeness (QED) is 0.877. The molecule has 6 heteroatoms. The van der Waals surface area contributed by atoms with Crippen molar-refractivity contribution in [3.63, 3.8) is 0 Å². The lowest BCUT2D eigenvalue weighted by atomic mass is 9.97. The van der Waals surface area contributed by atoms with Crippen molar-refractivity contribution in [2.24, 2.45) is 11.8 Å². The summed E-state index contributed by atoms with van der Waals surface area (Å²) < 4.78 is 0. The van der Waals surface area contributed by atoms with E-state index in [1.807, 2.05) is 12.1 Å². The van der Waals surface area contributed by atoms with Gasteiger partial charge in [0, 0.05) is 38.1 Å². The molecule has 0 radical (unpaired) electrons. The van der Waals surface area contributed by atoms with Crippen molar-refractivity contribution in [2.45, 2.75) is 25.8 Å². The van der Waals surface area contributed by atoms with Crippen LogP contribution in [-0.4, -0.2) is 48.7 Å². The Morgan fingerprint density at radius 3 is 2.73 bits per heavy atom. The van der Waals surface area contributed by atoms with Crippen LogP contribution in [0.25, 0.3) is 11.0 Å². The Bertz CT molecular complexity index is 808. The number of benzene rings is 1. The van der Waals surface area contributed by atoms with Crippen molar-refractivity contribution in [2.75, 3.05) is 37.6 Å². The normalized spacial score (nSPS) is 24.1. The molecule has 0 bridgehead atoms. The second kappa shape index (κ2) is 7.56. The Morgan fingerprint density at radius 2 is 1.96 bits per heavy atom. The van der Waals surface area contributed by atoms with E-state index in [0.29, 0.717) is 29.0 Å². The molecule has 2 saturated heterocycles. The molecule has 4 rings (SSSR count). The van der Waals surface area contributed by atoms with Gasteiger partial charge in [0.1, 0.15) is 17.1 Å². The topological polar surface area (TPSA) is 76.9 Å². The van der Waals surface area contributed by atoms with Crippen molar-refractivity contribution in [3.05, 3.63) is 30.1 Å². The van der Waals surface area contributed by atoms with Crippen molar-refractivity contribution >= 4 is 16.7 Å². The van der Waals surface area contributed by atoms with Crippen LogP contribution in [0.4, 0.5) is 5.69 Å². The van der Waals surface area contributed by atoms with Gasteiger partial charge in [-0.1, -0.05) is 6.92 Å². The van der Waals surface area contributed by atoms with Gasteiger partial charge in [-0.15, -0.1) is 0 Å². The van der Waals surface area contributed by atoms with Gasteiger partial charge in [0.25, 0.3) is 0 Å². The lowest BCUT2D eigenvalue weighted by Gasteiger charge is -2.26. The molecular formula is C20H26N6. The summed E-state index contributed by atoms with van der Waals surface area (Å²) in [7, 11) is 0. The fourth-order valence-corrected chi connectivity index (χ4v) is 4.23. The highest BCUT2D eigenvalue weighted by Crippen LogP contribution is 2.32. The minimum atomic E-state index is 0.591. The van der Waals surface area contributed by atoms with Crippen molar-refractivity contribution < 1.29 is 0 Å². The van der Waals surface area contributed by atoms with Gasteiger partial charge in [-0.2, -0.15) is 5.26 Å². The molecule has 1 aromatic heterocycles. The highest BCUT2D eigenvalue weighted by molar-refractivity contribution is 5.92. The highest BCUT2D eigenvalue weighted by atomic mass is 15.2. The summed E-state index contributed by atoms with van der Waals surface area (Å²) in [4.78, 5) is 11.3. The SMILES string of the molecule is C[C@H]1CN(c2ccc(C#N)c3nccnc23)C[C@@H]1CNC1CCNCC1. The smallest absolute Gasteiger partial charge is 0.113 e. The Labute approximate surface area is 154 Å². The maximum absolute atomic E-state index is 9.33. The lowest BCUT2D eigenvalue weighted by molar-refractivity contribution is 0.340. The van der Waals surface area contributed by atoms with E-state index < -0.39 is 0 Å². The zero-order valence-electron chi connectivity index (χ0n) is 15.3. The van der Waals surface area contributed by atoms with Crippen molar-refractivity contribution in [1.29, 1.82) is 5.26 Å². The predicted molar refractivity (Wildman–Crippen MR) is 103 cm³/mol. The molecule has 2 aliphatic heterocycles. The molecule has 2 aromatic rings. The van der Waals surface area contributed by atoms with Crippen LogP contribution in [0.2, 0.25) is 0 Å². The molecule has 136 valence electrons. The zero-order valence-corrected chi connectivity index (χ0v) is 15.3. The second-order valence-electron chi connectivity index (χ2n) is 7.57. The minimum Gasteiger partial charge on any atom is -0.369 e. The van der Waals surface area contributed by atoms with Crippen LogP contribution in [0.1, 0.15) is 25.3 Å². The first-order valence-corrected chi connectivity index (χ1v) is 9.59. The van der Waals surface area contributed by atoms with Gasteiger partial charge in [0.05, 0.1) is 11.3 Å². The van der Waals surface area contributed by atoms with E-state index in [2.05, 4.69) is 38.5 Å². The summed E-state index contributed by atoms with van der Waals surface area (Å²) in [6, 6.07) is 6.78. The number of fused-ring (bicyclic) bond motifs is 1. The molecule has 0 amide bonds. The molecule has 2 N–H and O–H groups in total. The van der Waals surface area contributed by atoms with Crippen LogP contribution in [0.15, 0.2) is 24.5 Å². The van der Waals surface area contributed by atoms with Gasteiger partial charge in [0.2, 0.25) is 0 Å². The highest BCUT2D eigenvalue weighted by Gasteiger charge is 2.31. The van der Waals surface area contributed by atoms with E-state index in [1.165, 1.54) is 12.8 Å². The average Bonchev–Trinajstić information content (AvgIpc) is 3.06. The number of nitrogens with zero attached hydrogens (tertiary/aromatic N) is 4. The third-order valence-electron chi connectivity index (χ3n) is 5.84. The number of nitrogens with one attached hydrogen (secondary N) is 2. The number of hydrogen-bond donors (Lipinski definition) is 2. The summed E-state index contributed by atoms with van der Waals surface area (Å²) >= 11 is 0. The third-order valence-corrected chi connectivity index (χ3v) is 5.84. The molecule has 3 heterocycles. The molecule has 26 heavy (non-hydrogen) atoms. The van der Waals surface area contributed by atoms with Gasteiger partial charge in [-0.25, -0.2) is 0 Å². The second-order valence-corrected chi connectivity index (χ2v) is 7.57. The van der Waals surface area contributed by atoms with E-state index in [4.69, 9.17) is 0 Å². The lowest BCUT2D eigenvalue weighted by Crippen LogP contribution is -2.42. The summed E-state index contributed by atoms with van der Waals surface area (Å²) in [5, 5.41) is 16.5. The molecule has 2 aliphatic rings. The Hall–Kier alpha value is -2.23. The van der Waals surface area contributed by atoms with Gasteiger partial charge < -0.3 is 15.5 Å². The van der Waals surface area contributed by atoms with Crippen LogP contribution in [0.5, 0.6) is 0 Å². The van der Waals surface area contributed by atoms with Crippen LogP contribution in [-0.2, 0) is 0 Å². The molecule has 6 nitrogen and oxygen atoms in total. The van der Waals surface area contributed by atoms with E-state index >= 15 is 0 Å². The fourth-order valence-electron chi connectivity index (χ4n) is 4.23. The molecule has 1 aromatic carbocycles. The summed E-state index contributed by atoms with van der Waals surface area (Å²) in [6.45, 7) is 7.71. The van der Waals surface area contributed by atoms with Gasteiger partial charge in [-0.05, 0) is 49.9 Å². The first-order chi connectivity index (χ1) is 12.8. The summed E-state index contributed by atoms with van der Waals surface area (Å²) in [5.41, 5.74) is 3.23. The van der Waals surface area contributed by atoms with E-state index in [0.717, 1.165) is 43.9 Å². The zero-order chi connectivity index (χ0) is 17.9. The number of piperidine rings is 1. The number of anilines is 1. The number of nitriles is 1. The molecule has 2 atom stereocenters. The molecule has 0 unspecified atom stereocenters. The predicted octanol–water partition coefficient (Wildman–Crippen LogP) is 1.92. The molecule has 0 spiro atoms. The summed E-state index contributed by atoms with van der Waals surface area (Å²) in [5.74, 6) is 1.26. The number of aromatic nitrogens is 2. The fraction of sp³-hybridized carbons (Fsp3) is 0.550. The largest absolute Gasteiger partial charge is 0.369 e. The average molecular weight is 350 g/mol. The molecule has 0 aliphatic carbocycles. The van der Waals surface area contributed by atoms with Gasteiger partial charge >= 0.3 is 0 Å². The maximum atomic E-state index is 9.33. The Balaban J connectivity index is 1.49. The molecule has 2 fully saturated rings. The molecule has 0 saturated carbocycles. The van der Waals surface area contributed by atoms with E-state index in [1.54, 1.807) is 12.4 Å². The summed E-state index contributed by atoms with van der Waals surface area (Å²) in [6.07, 6.45) is 5.81. The number of hydrogen-bond acceptors (Lipinski definition) is 6. The van der Waals surface area contributed by atoms with Crippen LogP contribution in [0.3, 0.4) is 0 Å². The van der Waals surface area contributed by atoms with E-state index in [-0.39, 0.29) is 0 Å². The van der Waals surface area contributed by atoms with Crippen molar-refractivity contribution in [1.82, 2.24) is 20.6 Å². The first kappa shape index (κ1) is 17.2. The number of rotatable bonds is 4. The van der Waals surface area contributed by atoms with Crippen LogP contribution in [0, 0.1) is 23.2 Å². The van der Waals surface area contributed by atoms with Gasteiger partial charge in [0.15, 0.2) is 0 Å². The first-order valence-electron chi connectivity index (χ1n) is 9.59. The Morgan fingerprint density at radius 1 is 1.19 bits per heavy atom. The Kier molecular flexibility index (Phi) is 5.00. The standard InChI is InChI=1S/C20H26N6/c1-14-12-26(13-16(14)11-25-17-4-6-22-7-5-17)18-3-2-15(10-21)19-20(18)24-9-8-23-19/h2-3,8-9,14,16-17,22,25H,4-7,11-13H2,1H3/t14-,16-/m0/s1. The monoisotopic (exact) mass is 350 g/mol. The maximum Gasteiger partial charge on any atom is 0.113 e. The van der Waals surface area contributed by atoms with Crippen LogP contribution < -0.4 is 15.5 Å². The molecular weight excluding hydrogens is 324 g/mol.